The van der Waals surface area contributed by atoms with Crippen molar-refractivity contribution < 1.29 is 27.9 Å². The fourth-order valence-corrected chi connectivity index (χ4v) is 6.87. The first kappa shape index (κ1) is 31.8. The van der Waals surface area contributed by atoms with Gasteiger partial charge in [0, 0.05) is 29.1 Å². The maximum absolute atomic E-state index is 13.4. The van der Waals surface area contributed by atoms with Crippen molar-refractivity contribution >= 4 is 43.5 Å². The van der Waals surface area contributed by atoms with Gasteiger partial charge < -0.3 is 15.3 Å². The number of carboxylic acid groups (broad SMARTS) is 1. The first-order valence-corrected chi connectivity index (χ1v) is 15.8. The Morgan fingerprint density at radius 1 is 0.976 bits per heavy atom. The van der Waals surface area contributed by atoms with Gasteiger partial charge in [-0.15, -0.1) is 11.3 Å². The van der Waals surface area contributed by atoms with Crippen LogP contribution in [0.25, 0.3) is 11.1 Å². The molecule has 0 bridgehead atoms. The molecule has 1 heterocycles. The number of carbonyl (C=O) groups excluding carboxylic acids is 2. The second kappa shape index (κ2) is 13.8. The Morgan fingerprint density at radius 2 is 1.61 bits per heavy atom. The lowest BCUT2D eigenvalue weighted by Gasteiger charge is -2.31. The molecule has 1 aromatic heterocycles. The van der Waals surface area contributed by atoms with E-state index in [1.165, 1.54) is 16.2 Å². The first-order chi connectivity index (χ1) is 19.3. The van der Waals surface area contributed by atoms with Gasteiger partial charge in [-0.25, -0.2) is 4.79 Å². The number of aliphatic carboxylic acids is 1. The Kier molecular flexibility index (Phi) is 10.7. The highest BCUT2D eigenvalue weighted by atomic mass is 32.2. The number of hydrogen-bond acceptors (Lipinski definition) is 6. The van der Waals surface area contributed by atoms with Crippen LogP contribution in [-0.4, -0.2) is 48.1 Å². The highest BCUT2D eigenvalue weighted by Gasteiger charge is 2.33. The predicted octanol–water partition coefficient (Wildman–Crippen LogP) is 5.84. The molecule has 220 valence electrons. The molecule has 1 unspecified atom stereocenters. The third kappa shape index (κ3) is 8.17. The van der Waals surface area contributed by atoms with Gasteiger partial charge in [0.25, 0.3) is 5.91 Å². The van der Waals surface area contributed by atoms with Crippen LogP contribution < -0.4 is 10.0 Å². The molecule has 9 nitrogen and oxygen atoms in total. The van der Waals surface area contributed by atoms with Gasteiger partial charge in [-0.05, 0) is 54.5 Å². The molecule has 2 amide bonds. The monoisotopic (exact) mass is 599 g/mol. The minimum Gasteiger partial charge on any atom is -0.480 e. The van der Waals surface area contributed by atoms with Crippen LogP contribution in [0.15, 0.2) is 60.7 Å². The molecule has 3 N–H and O–H groups in total. The molecule has 3 aromatic rings. The van der Waals surface area contributed by atoms with Gasteiger partial charge in [-0.3, -0.25) is 14.3 Å². The maximum atomic E-state index is 13.4. The lowest BCUT2D eigenvalue weighted by atomic mass is 9.99. The Hall–Kier alpha value is -3.70. The summed E-state index contributed by atoms with van der Waals surface area (Å²) in [6.07, 6.45) is 0.737. The summed E-state index contributed by atoms with van der Waals surface area (Å²) >= 11 is 1.28. The normalized spacial score (nSPS) is 12.3. The van der Waals surface area contributed by atoms with Crippen LogP contribution in [0.4, 0.5) is 9.80 Å². The van der Waals surface area contributed by atoms with Crippen molar-refractivity contribution in [2.45, 2.75) is 53.6 Å². The van der Waals surface area contributed by atoms with Crippen molar-refractivity contribution in [3.8, 4) is 11.1 Å². The van der Waals surface area contributed by atoms with Gasteiger partial charge in [-0.1, -0.05) is 70.2 Å². The molecule has 0 aliphatic rings. The van der Waals surface area contributed by atoms with Gasteiger partial charge in [-0.2, -0.15) is 8.42 Å². The highest BCUT2D eigenvalue weighted by molar-refractivity contribution is 8.07. The number of sulfonamides is 1. The molecule has 2 aromatic carbocycles. The van der Waals surface area contributed by atoms with Crippen molar-refractivity contribution in [1.82, 2.24) is 10.2 Å². The van der Waals surface area contributed by atoms with E-state index in [1.54, 1.807) is 75.4 Å². The lowest BCUT2D eigenvalue weighted by molar-refractivity contribution is -0.144. The number of carboxylic acids is 1. The summed E-state index contributed by atoms with van der Waals surface area (Å²) in [7, 11) is -4.30. The number of hydrogen-bond donors (Lipinski definition) is 3. The van der Waals surface area contributed by atoms with Gasteiger partial charge in [0.15, 0.2) is 0 Å². The number of benzene rings is 2. The van der Waals surface area contributed by atoms with Crippen molar-refractivity contribution in [1.29, 1.82) is 0 Å². The smallest absolute Gasteiger partial charge is 0.357 e. The third-order valence-corrected chi connectivity index (χ3v) is 8.61. The van der Waals surface area contributed by atoms with E-state index < -0.39 is 27.3 Å². The van der Waals surface area contributed by atoms with E-state index in [0.717, 1.165) is 11.3 Å². The molecule has 0 aliphatic carbocycles. The molecule has 0 saturated carbocycles. The molecule has 0 saturated heterocycles. The summed E-state index contributed by atoms with van der Waals surface area (Å²) in [5.74, 6) is -1.45. The number of thiophene rings is 1. The third-order valence-electron chi connectivity index (χ3n) is 6.30. The molecule has 41 heavy (non-hydrogen) atoms. The molecule has 0 spiro atoms. The summed E-state index contributed by atoms with van der Waals surface area (Å²) in [4.78, 5) is 40.1. The second-order valence-electron chi connectivity index (χ2n) is 10.5. The van der Waals surface area contributed by atoms with E-state index in [-0.39, 0.29) is 24.9 Å². The Labute approximate surface area is 245 Å². The van der Waals surface area contributed by atoms with Crippen molar-refractivity contribution in [3.05, 3.63) is 76.7 Å². The SMILES string of the molecule is CCNC(=O)S(=O)(=O)Nc1sc(CC(C)C)cc1-c1ccc(CN(C(=O)c2ccccc2)C(C(=O)O)C(C)C)cc1. The minimum atomic E-state index is -4.30. The number of anilines is 1. The first-order valence-electron chi connectivity index (χ1n) is 13.5. The average molecular weight is 600 g/mol. The maximum Gasteiger partial charge on any atom is 0.357 e. The van der Waals surface area contributed by atoms with Crippen LogP contribution in [0.2, 0.25) is 0 Å². The summed E-state index contributed by atoms with van der Waals surface area (Å²) in [5, 5.41) is 11.5. The topological polar surface area (TPSA) is 133 Å². The fourth-order valence-electron chi connectivity index (χ4n) is 4.45. The molecular formula is C30H37N3O6S2. The van der Waals surface area contributed by atoms with Crippen molar-refractivity contribution in [2.75, 3.05) is 11.3 Å². The molecule has 0 aliphatic heterocycles. The summed E-state index contributed by atoms with van der Waals surface area (Å²) < 4.78 is 27.7. The largest absolute Gasteiger partial charge is 0.480 e. The van der Waals surface area contributed by atoms with Crippen molar-refractivity contribution in [3.63, 3.8) is 0 Å². The van der Waals surface area contributed by atoms with Crippen LogP contribution in [0.5, 0.6) is 0 Å². The van der Waals surface area contributed by atoms with Crippen LogP contribution in [0.1, 0.15) is 55.4 Å². The second-order valence-corrected chi connectivity index (χ2v) is 13.2. The number of rotatable bonds is 12. The van der Waals surface area contributed by atoms with E-state index >= 15 is 0 Å². The Morgan fingerprint density at radius 3 is 2.15 bits per heavy atom. The van der Waals surface area contributed by atoms with E-state index in [9.17, 15) is 27.9 Å². The fraction of sp³-hybridized carbons (Fsp3) is 0.367. The van der Waals surface area contributed by atoms with Gasteiger partial charge in [0.1, 0.15) is 11.0 Å². The van der Waals surface area contributed by atoms with E-state index in [2.05, 4.69) is 23.9 Å². The summed E-state index contributed by atoms with van der Waals surface area (Å²) in [6.45, 7) is 9.56. The zero-order valence-corrected chi connectivity index (χ0v) is 25.5. The standard InChI is InChI=1S/C30H37N3O6S2/c1-6-31-30(37)41(38,39)32-27-25(17-24(40-27)16-19(2)3)22-14-12-21(13-15-22)18-33(26(20(4)5)29(35)36)28(34)23-10-8-7-9-11-23/h7-15,17,19-20,26,32H,6,16,18H2,1-5H3,(H,31,37)(H,35,36). The van der Waals surface area contributed by atoms with Crippen molar-refractivity contribution in [2.24, 2.45) is 11.8 Å². The number of carbonyl (C=O) groups is 3. The van der Waals surface area contributed by atoms with E-state index in [4.69, 9.17) is 0 Å². The van der Waals surface area contributed by atoms with Crippen LogP contribution in [0.3, 0.4) is 0 Å². The number of nitrogens with zero attached hydrogens (tertiary/aromatic N) is 1. The molecule has 3 rings (SSSR count). The summed E-state index contributed by atoms with van der Waals surface area (Å²) in [6, 6.07) is 16.6. The quantitative estimate of drug-likeness (QED) is 0.240. The highest BCUT2D eigenvalue weighted by Crippen LogP contribution is 2.38. The van der Waals surface area contributed by atoms with Gasteiger partial charge in [0.2, 0.25) is 0 Å². The number of amides is 2. The zero-order chi connectivity index (χ0) is 30.3. The van der Waals surface area contributed by atoms with Crippen LogP contribution in [-0.2, 0) is 27.8 Å². The molecule has 0 fully saturated rings. The average Bonchev–Trinajstić information content (AvgIpc) is 3.28. The Balaban J connectivity index is 1.96. The molecule has 11 heteroatoms. The zero-order valence-electron chi connectivity index (χ0n) is 23.9. The van der Waals surface area contributed by atoms with Gasteiger partial charge in [0.05, 0.1) is 0 Å². The van der Waals surface area contributed by atoms with E-state index in [0.29, 0.717) is 33.2 Å². The van der Waals surface area contributed by atoms with Crippen LogP contribution >= 0.6 is 11.3 Å². The van der Waals surface area contributed by atoms with E-state index in [1.807, 2.05) is 6.07 Å². The molecule has 0 radical (unpaired) electrons. The van der Waals surface area contributed by atoms with Gasteiger partial charge >= 0.3 is 21.2 Å². The lowest BCUT2D eigenvalue weighted by Crippen LogP contribution is -2.47. The predicted molar refractivity (Wildman–Crippen MR) is 162 cm³/mol. The minimum absolute atomic E-state index is 0.0715. The Bertz CT molecular complexity index is 1470. The summed E-state index contributed by atoms with van der Waals surface area (Å²) in [5.41, 5.74) is 2.46. The number of nitrogens with one attached hydrogen (secondary N) is 2. The van der Waals surface area contributed by atoms with Crippen LogP contribution in [0, 0.1) is 11.8 Å². The molecule has 1 atom stereocenters. The molecular weight excluding hydrogens is 562 g/mol.